The third-order valence-corrected chi connectivity index (χ3v) is 6.39. The van der Waals surface area contributed by atoms with Crippen molar-refractivity contribution in [1.29, 1.82) is 0 Å². The summed E-state index contributed by atoms with van der Waals surface area (Å²) in [6.45, 7) is 2.21. The molecule has 3 aromatic carbocycles. The summed E-state index contributed by atoms with van der Waals surface area (Å²) in [6.07, 6.45) is 9.31. The maximum atomic E-state index is 15.1. The first-order valence-corrected chi connectivity index (χ1v) is 12.1. The van der Waals surface area contributed by atoms with Crippen molar-refractivity contribution in [2.45, 2.75) is 58.3 Å². The first-order chi connectivity index (χ1) is 16.5. The number of unbranched alkanes of at least 4 members (excludes halogenated alkanes) is 2. The molecule has 34 heavy (non-hydrogen) atoms. The van der Waals surface area contributed by atoms with Crippen molar-refractivity contribution < 1.29 is 13.2 Å². The van der Waals surface area contributed by atoms with Crippen LogP contribution in [0.5, 0.6) is 0 Å². The van der Waals surface area contributed by atoms with Crippen molar-refractivity contribution >= 4 is 10.8 Å². The lowest BCUT2D eigenvalue weighted by Gasteiger charge is -2.09. The minimum absolute atomic E-state index is 0.244. The number of fused-ring (bicyclic) bond motifs is 1. The minimum atomic E-state index is -0.873. The van der Waals surface area contributed by atoms with Crippen molar-refractivity contribution in [2.75, 3.05) is 0 Å². The maximum Gasteiger partial charge on any atom is 0.159 e. The Labute approximate surface area is 199 Å². The summed E-state index contributed by atoms with van der Waals surface area (Å²) >= 11 is 0. The average molecular weight is 462 g/mol. The molecule has 1 heterocycles. The van der Waals surface area contributed by atoms with Crippen molar-refractivity contribution in [3.05, 3.63) is 112 Å². The van der Waals surface area contributed by atoms with Crippen LogP contribution in [0.15, 0.2) is 66.9 Å². The molecule has 0 saturated heterocycles. The van der Waals surface area contributed by atoms with E-state index in [2.05, 4.69) is 24.0 Å². The van der Waals surface area contributed by atoms with Crippen molar-refractivity contribution in [2.24, 2.45) is 0 Å². The van der Waals surface area contributed by atoms with Crippen LogP contribution in [-0.4, -0.2) is 4.98 Å². The summed E-state index contributed by atoms with van der Waals surface area (Å²) in [4.78, 5) is 4.61. The second-order valence-corrected chi connectivity index (χ2v) is 8.96. The Morgan fingerprint density at radius 1 is 0.647 bits per heavy atom. The van der Waals surface area contributed by atoms with E-state index in [0.717, 1.165) is 42.0 Å². The first-order valence-electron chi connectivity index (χ1n) is 12.1. The van der Waals surface area contributed by atoms with E-state index in [0.29, 0.717) is 29.4 Å². The van der Waals surface area contributed by atoms with Gasteiger partial charge in [0.05, 0.1) is 0 Å². The number of nitrogens with zero attached hydrogens (tertiary/aromatic N) is 1. The highest BCUT2D eigenvalue weighted by Gasteiger charge is 2.10. The molecule has 0 fully saturated rings. The molecule has 0 saturated carbocycles. The van der Waals surface area contributed by atoms with Gasteiger partial charge in [-0.1, -0.05) is 62.2 Å². The van der Waals surface area contributed by atoms with Crippen LogP contribution >= 0.6 is 0 Å². The second-order valence-electron chi connectivity index (χ2n) is 8.96. The predicted molar refractivity (Wildman–Crippen MR) is 133 cm³/mol. The molecule has 1 nitrogen and oxygen atoms in total. The summed E-state index contributed by atoms with van der Waals surface area (Å²) in [7, 11) is 0. The van der Waals surface area contributed by atoms with Gasteiger partial charge in [-0.15, -0.1) is 0 Å². The van der Waals surface area contributed by atoms with Gasteiger partial charge in [-0.05, 0) is 84.4 Å². The molecule has 176 valence electrons. The zero-order chi connectivity index (χ0) is 23.9. The molecular weight excluding hydrogens is 431 g/mol. The van der Waals surface area contributed by atoms with Crippen LogP contribution in [0, 0.1) is 17.5 Å². The van der Waals surface area contributed by atoms with Crippen molar-refractivity contribution in [3.63, 3.8) is 0 Å². The first kappa shape index (κ1) is 24.0. The Morgan fingerprint density at radius 2 is 1.41 bits per heavy atom. The summed E-state index contributed by atoms with van der Waals surface area (Å²) in [5, 5.41) is 1.45. The largest absolute Gasteiger partial charge is 0.261 e. The molecule has 0 atom stereocenters. The third-order valence-electron chi connectivity index (χ3n) is 6.39. The van der Waals surface area contributed by atoms with Crippen LogP contribution in [0.2, 0.25) is 0 Å². The molecule has 4 rings (SSSR count). The van der Waals surface area contributed by atoms with E-state index >= 15 is 4.39 Å². The number of hydrogen-bond donors (Lipinski definition) is 0. The highest BCUT2D eigenvalue weighted by atomic mass is 19.2. The molecule has 4 heteroatoms. The summed E-state index contributed by atoms with van der Waals surface area (Å²) < 4.78 is 41.6. The molecule has 4 aromatic rings. The van der Waals surface area contributed by atoms with Crippen LogP contribution in [0.25, 0.3) is 10.8 Å². The predicted octanol–water partition coefficient (Wildman–Crippen LogP) is 7.96. The number of pyridine rings is 1. The monoisotopic (exact) mass is 461 g/mol. The van der Waals surface area contributed by atoms with Crippen LogP contribution in [-0.2, 0) is 32.1 Å². The fourth-order valence-corrected chi connectivity index (χ4v) is 4.31. The molecule has 1 aromatic heterocycles. The Balaban J connectivity index is 1.38. The van der Waals surface area contributed by atoms with Gasteiger partial charge in [-0.2, -0.15) is 0 Å². The van der Waals surface area contributed by atoms with E-state index in [9.17, 15) is 8.78 Å². The van der Waals surface area contributed by atoms with E-state index < -0.39 is 11.6 Å². The Bertz CT molecular complexity index is 1250. The smallest absolute Gasteiger partial charge is 0.159 e. The molecule has 0 spiro atoms. The molecular formula is C30H30F3N. The van der Waals surface area contributed by atoms with Gasteiger partial charge in [0.15, 0.2) is 11.6 Å². The Morgan fingerprint density at radius 3 is 2.18 bits per heavy atom. The van der Waals surface area contributed by atoms with Gasteiger partial charge in [0.2, 0.25) is 0 Å². The quantitative estimate of drug-likeness (QED) is 0.218. The molecule has 0 bridgehead atoms. The number of aromatic nitrogens is 1. The highest BCUT2D eigenvalue weighted by Crippen LogP contribution is 2.24. The number of hydrogen-bond acceptors (Lipinski definition) is 1. The fraction of sp³-hybridized carbons (Fsp3) is 0.300. The van der Waals surface area contributed by atoms with E-state index in [4.69, 9.17) is 0 Å². The lowest BCUT2D eigenvalue weighted by molar-refractivity contribution is 0.507. The molecule has 0 aliphatic heterocycles. The van der Waals surface area contributed by atoms with Gasteiger partial charge in [0.1, 0.15) is 5.82 Å². The Hall–Kier alpha value is -3.14. The fourth-order valence-electron chi connectivity index (χ4n) is 4.31. The van der Waals surface area contributed by atoms with Gasteiger partial charge in [0.25, 0.3) is 0 Å². The van der Waals surface area contributed by atoms with Crippen LogP contribution in [0.1, 0.15) is 54.1 Å². The zero-order valence-electron chi connectivity index (χ0n) is 19.6. The Kier molecular flexibility index (Phi) is 7.99. The van der Waals surface area contributed by atoms with E-state index in [1.165, 1.54) is 30.9 Å². The summed E-state index contributed by atoms with van der Waals surface area (Å²) in [5.41, 5.74) is 4.73. The maximum absolute atomic E-state index is 15.1. The molecule has 0 aliphatic rings. The highest BCUT2D eigenvalue weighted by molar-refractivity contribution is 5.84. The molecule has 0 radical (unpaired) electrons. The van der Waals surface area contributed by atoms with Crippen LogP contribution < -0.4 is 0 Å². The van der Waals surface area contributed by atoms with E-state index in [-0.39, 0.29) is 5.82 Å². The molecule has 0 aliphatic carbocycles. The minimum Gasteiger partial charge on any atom is -0.261 e. The van der Waals surface area contributed by atoms with E-state index in [1.54, 1.807) is 12.1 Å². The number of aryl methyl sites for hydroxylation is 5. The third kappa shape index (κ3) is 6.05. The van der Waals surface area contributed by atoms with E-state index in [1.807, 2.05) is 30.5 Å². The van der Waals surface area contributed by atoms with Crippen molar-refractivity contribution in [1.82, 2.24) is 4.98 Å². The zero-order valence-corrected chi connectivity index (χ0v) is 19.6. The summed E-state index contributed by atoms with van der Waals surface area (Å²) in [5.74, 6) is -1.99. The lowest BCUT2D eigenvalue weighted by Crippen LogP contribution is -1.98. The van der Waals surface area contributed by atoms with Gasteiger partial charge >= 0.3 is 0 Å². The topological polar surface area (TPSA) is 12.9 Å². The SMILES string of the molecule is CCCCCc1ccc(CCc2ccc3c(F)c(CCc4ccc(F)c(F)c4)ccc3c2)nc1. The lowest BCUT2D eigenvalue weighted by atomic mass is 9.97. The van der Waals surface area contributed by atoms with Gasteiger partial charge in [0, 0.05) is 17.3 Å². The van der Waals surface area contributed by atoms with Gasteiger partial charge in [-0.25, -0.2) is 13.2 Å². The molecule has 0 amide bonds. The number of benzene rings is 3. The van der Waals surface area contributed by atoms with Gasteiger partial charge in [-0.3, -0.25) is 4.98 Å². The standard InChI is InChI=1S/C30H30F3N/c1-2-3-4-5-23-8-15-26(34-20-23)14-7-21-9-16-27-25(18-21)13-12-24(30(27)33)11-6-22-10-17-28(31)29(32)19-22/h8-10,12-13,15-20H,2-7,11,14H2,1H3. The molecule has 0 N–H and O–H groups in total. The number of rotatable bonds is 10. The normalized spacial score (nSPS) is 11.3. The second kappa shape index (κ2) is 11.3. The van der Waals surface area contributed by atoms with Gasteiger partial charge < -0.3 is 0 Å². The average Bonchev–Trinajstić information content (AvgIpc) is 2.85. The van der Waals surface area contributed by atoms with Crippen molar-refractivity contribution in [3.8, 4) is 0 Å². The number of halogens is 3. The molecule has 0 unspecified atom stereocenters. The van der Waals surface area contributed by atoms with Crippen LogP contribution in [0.3, 0.4) is 0 Å². The van der Waals surface area contributed by atoms with Crippen LogP contribution in [0.4, 0.5) is 13.2 Å². The summed E-state index contributed by atoms with van der Waals surface area (Å²) in [6, 6.07) is 17.7.